The van der Waals surface area contributed by atoms with Gasteiger partial charge in [-0.2, -0.15) is 0 Å². The van der Waals surface area contributed by atoms with Crippen molar-refractivity contribution in [1.29, 1.82) is 0 Å². The van der Waals surface area contributed by atoms with Gasteiger partial charge in [0.25, 0.3) is 5.91 Å². The molecule has 0 unspecified atom stereocenters. The molecule has 26 heavy (non-hydrogen) atoms. The molecule has 2 heterocycles. The summed E-state index contributed by atoms with van der Waals surface area (Å²) in [5, 5.41) is 1.04. The topological polar surface area (TPSA) is 28.5 Å². The molecule has 1 aromatic heterocycles. The Morgan fingerprint density at radius 1 is 1.00 bits per heavy atom. The first-order valence-electron chi connectivity index (χ1n) is 9.23. The van der Waals surface area contributed by atoms with E-state index in [9.17, 15) is 4.79 Å². The monoisotopic (exact) mass is 347 g/mol. The van der Waals surface area contributed by atoms with Crippen molar-refractivity contribution in [2.75, 3.05) is 26.2 Å². The molecule has 0 spiro atoms. The molecule has 134 valence electrons. The Morgan fingerprint density at radius 2 is 1.77 bits per heavy atom. The number of benzene rings is 2. The molecule has 0 saturated carbocycles. The molecule has 0 aliphatic carbocycles. The van der Waals surface area contributed by atoms with Gasteiger partial charge < -0.3 is 9.47 Å². The summed E-state index contributed by atoms with van der Waals surface area (Å²) in [7, 11) is 2.00. The van der Waals surface area contributed by atoms with E-state index < -0.39 is 0 Å². The van der Waals surface area contributed by atoms with Crippen molar-refractivity contribution in [3.8, 4) is 0 Å². The molecule has 2 aromatic carbocycles. The highest BCUT2D eigenvalue weighted by Gasteiger charge is 2.24. The summed E-state index contributed by atoms with van der Waals surface area (Å²) < 4.78 is 2.04. The summed E-state index contributed by atoms with van der Waals surface area (Å²) >= 11 is 0. The lowest BCUT2D eigenvalue weighted by Gasteiger charge is -2.34. The summed E-state index contributed by atoms with van der Waals surface area (Å²) in [5.74, 6) is 0.150. The van der Waals surface area contributed by atoms with Crippen LogP contribution >= 0.6 is 0 Å². The van der Waals surface area contributed by atoms with E-state index in [0.717, 1.165) is 49.2 Å². The molecule has 0 N–H and O–H groups in total. The van der Waals surface area contributed by atoms with Gasteiger partial charge in [-0.15, -0.1) is 0 Å². The summed E-state index contributed by atoms with van der Waals surface area (Å²) in [6, 6.07) is 16.8. The number of fused-ring (bicyclic) bond motifs is 1. The average molecular weight is 347 g/mol. The smallest absolute Gasteiger partial charge is 0.256 e. The van der Waals surface area contributed by atoms with Crippen molar-refractivity contribution in [3.63, 3.8) is 0 Å². The zero-order valence-electron chi connectivity index (χ0n) is 15.5. The second kappa shape index (κ2) is 6.96. The van der Waals surface area contributed by atoms with Crippen molar-refractivity contribution in [3.05, 3.63) is 71.4 Å². The van der Waals surface area contributed by atoms with Gasteiger partial charge in [0.2, 0.25) is 0 Å². The van der Waals surface area contributed by atoms with Gasteiger partial charge in [-0.05, 0) is 18.6 Å². The Kier molecular flexibility index (Phi) is 4.51. The summed E-state index contributed by atoms with van der Waals surface area (Å²) in [4.78, 5) is 17.5. The van der Waals surface area contributed by atoms with E-state index in [1.54, 1.807) is 0 Å². The second-order valence-electron chi connectivity index (χ2n) is 7.23. The third kappa shape index (κ3) is 3.25. The van der Waals surface area contributed by atoms with E-state index in [0.29, 0.717) is 0 Å². The number of amides is 1. The van der Waals surface area contributed by atoms with Crippen molar-refractivity contribution < 1.29 is 4.79 Å². The Balaban J connectivity index is 1.43. The van der Waals surface area contributed by atoms with E-state index in [1.165, 1.54) is 11.1 Å². The molecule has 4 nitrogen and oxygen atoms in total. The van der Waals surface area contributed by atoms with Crippen LogP contribution in [0.15, 0.2) is 54.7 Å². The van der Waals surface area contributed by atoms with Crippen molar-refractivity contribution in [2.24, 2.45) is 7.05 Å². The molecule has 1 aliphatic rings. The number of para-hydroxylation sites is 1. The number of rotatable bonds is 3. The standard InChI is InChI=1S/C22H25N3O/c1-17-6-5-7-18(14-17)15-24-10-12-25(13-11-24)22(26)20-16-23(2)21-9-4-3-8-19(20)21/h3-9,14,16H,10-13,15H2,1-2H3. The molecule has 1 saturated heterocycles. The first-order chi connectivity index (χ1) is 12.6. The van der Waals surface area contributed by atoms with Crippen LogP contribution in [0.2, 0.25) is 0 Å². The van der Waals surface area contributed by atoms with E-state index in [2.05, 4.69) is 42.2 Å². The number of hydrogen-bond acceptors (Lipinski definition) is 2. The van der Waals surface area contributed by atoms with E-state index >= 15 is 0 Å². The maximum Gasteiger partial charge on any atom is 0.256 e. The number of hydrogen-bond donors (Lipinski definition) is 0. The zero-order valence-corrected chi connectivity index (χ0v) is 15.5. The Bertz CT molecular complexity index is 935. The molecule has 0 radical (unpaired) electrons. The van der Waals surface area contributed by atoms with Crippen molar-refractivity contribution in [2.45, 2.75) is 13.5 Å². The van der Waals surface area contributed by atoms with Gasteiger partial charge in [0.15, 0.2) is 0 Å². The maximum absolute atomic E-state index is 13.0. The van der Waals surface area contributed by atoms with Gasteiger partial charge in [-0.25, -0.2) is 0 Å². The highest BCUT2D eigenvalue weighted by molar-refractivity contribution is 6.07. The van der Waals surface area contributed by atoms with Crippen LogP contribution in [0.5, 0.6) is 0 Å². The minimum Gasteiger partial charge on any atom is -0.350 e. The highest BCUT2D eigenvalue weighted by atomic mass is 16.2. The van der Waals surface area contributed by atoms with Crippen LogP contribution in [0.4, 0.5) is 0 Å². The molecule has 1 aliphatic heterocycles. The van der Waals surface area contributed by atoms with E-state index in [1.807, 2.05) is 40.9 Å². The van der Waals surface area contributed by atoms with Gasteiger partial charge in [0, 0.05) is 56.9 Å². The van der Waals surface area contributed by atoms with Crippen molar-refractivity contribution in [1.82, 2.24) is 14.4 Å². The lowest BCUT2D eigenvalue weighted by atomic mass is 10.1. The fourth-order valence-corrected chi connectivity index (χ4v) is 3.86. The van der Waals surface area contributed by atoms with Crippen LogP contribution in [-0.4, -0.2) is 46.5 Å². The molecule has 4 heteroatoms. The molecule has 1 amide bonds. The first kappa shape index (κ1) is 16.9. The van der Waals surface area contributed by atoms with Crippen LogP contribution in [0.3, 0.4) is 0 Å². The lowest BCUT2D eigenvalue weighted by molar-refractivity contribution is 0.0630. The van der Waals surface area contributed by atoms with Gasteiger partial charge in [0.05, 0.1) is 5.56 Å². The van der Waals surface area contributed by atoms with Gasteiger partial charge in [0.1, 0.15) is 0 Å². The molecular formula is C22H25N3O. The number of nitrogens with zero attached hydrogens (tertiary/aromatic N) is 3. The largest absolute Gasteiger partial charge is 0.350 e. The van der Waals surface area contributed by atoms with E-state index in [4.69, 9.17) is 0 Å². The number of piperazine rings is 1. The minimum absolute atomic E-state index is 0.150. The minimum atomic E-state index is 0.150. The maximum atomic E-state index is 13.0. The second-order valence-corrected chi connectivity index (χ2v) is 7.23. The molecular weight excluding hydrogens is 322 g/mol. The third-order valence-corrected chi connectivity index (χ3v) is 5.28. The Hall–Kier alpha value is -2.59. The normalized spacial score (nSPS) is 15.5. The Morgan fingerprint density at radius 3 is 2.54 bits per heavy atom. The Labute approximate surface area is 154 Å². The number of aromatic nitrogens is 1. The summed E-state index contributed by atoms with van der Waals surface area (Å²) in [5.41, 5.74) is 4.57. The highest BCUT2D eigenvalue weighted by Crippen LogP contribution is 2.22. The van der Waals surface area contributed by atoms with Crippen LogP contribution in [0.25, 0.3) is 10.9 Å². The quantitative estimate of drug-likeness (QED) is 0.726. The van der Waals surface area contributed by atoms with Gasteiger partial charge >= 0.3 is 0 Å². The van der Waals surface area contributed by atoms with Crippen LogP contribution in [0.1, 0.15) is 21.5 Å². The number of carbonyl (C=O) groups is 1. The average Bonchev–Trinajstić information content (AvgIpc) is 2.99. The van der Waals surface area contributed by atoms with E-state index in [-0.39, 0.29) is 5.91 Å². The zero-order chi connectivity index (χ0) is 18.1. The predicted octanol–water partition coefficient (Wildman–Crippen LogP) is 3.44. The van der Waals surface area contributed by atoms with Gasteiger partial charge in [-0.3, -0.25) is 9.69 Å². The summed E-state index contributed by atoms with van der Waals surface area (Å²) in [6.45, 7) is 6.50. The molecule has 4 rings (SSSR count). The molecule has 0 atom stereocenters. The van der Waals surface area contributed by atoms with Crippen LogP contribution in [-0.2, 0) is 13.6 Å². The lowest BCUT2D eigenvalue weighted by Crippen LogP contribution is -2.48. The van der Waals surface area contributed by atoms with Gasteiger partial charge in [-0.1, -0.05) is 48.0 Å². The van der Waals surface area contributed by atoms with Crippen LogP contribution in [0, 0.1) is 6.92 Å². The third-order valence-electron chi connectivity index (χ3n) is 5.28. The fraction of sp³-hybridized carbons (Fsp3) is 0.318. The fourth-order valence-electron chi connectivity index (χ4n) is 3.86. The first-order valence-corrected chi connectivity index (χ1v) is 9.23. The van der Waals surface area contributed by atoms with Crippen molar-refractivity contribution >= 4 is 16.8 Å². The number of carbonyl (C=O) groups excluding carboxylic acids is 1. The van der Waals surface area contributed by atoms with Crippen LogP contribution < -0.4 is 0 Å². The molecule has 0 bridgehead atoms. The molecule has 3 aromatic rings. The number of aryl methyl sites for hydroxylation is 2. The predicted molar refractivity (Wildman–Crippen MR) is 105 cm³/mol. The SMILES string of the molecule is Cc1cccc(CN2CCN(C(=O)c3cn(C)c4ccccc34)CC2)c1. The summed E-state index contributed by atoms with van der Waals surface area (Å²) in [6.07, 6.45) is 1.96. The molecule has 1 fully saturated rings.